The van der Waals surface area contributed by atoms with Gasteiger partial charge in [-0.3, -0.25) is 9.89 Å². The maximum absolute atomic E-state index is 11.4. The summed E-state index contributed by atoms with van der Waals surface area (Å²) in [6, 6.07) is -0.235. The fraction of sp³-hybridized carbons (Fsp3) is 0.625. The Bertz CT molecular complexity index is 306. The first-order valence-corrected chi connectivity index (χ1v) is 4.48. The van der Waals surface area contributed by atoms with E-state index in [0.717, 1.165) is 0 Å². The van der Waals surface area contributed by atoms with Crippen molar-refractivity contribution in [3.05, 3.63) is 11.6 Å². The highest BCUT2D eigenvalue weighted by Gasteiger charge is 2.14. The lowest BCUT2D eigenvalue weighted by molar-refractivity contribution is 0.0904. The van der Waals surface area contributed by atoms with Gasteiger partial charge in [-0.05, 0) is 13.3 Å². The van der Waals surface area contributed by atoms with Crippen molar-refractivity contribution in [1.82, 2.24) is 20.5 Å². The molecule has 0 spiro atoms. The summed E-state index contributed by atoms with van der Waals surface area (Å²) in [5.74, 6) is 0.330. The summed E-state index contributed by atoms with van der Waals surface area (Å²) < 4.78 is 0. The highest BCUT2D eigenvalue weighted by atomic mass is 16.3. The monoisotopic (exact) mass is 198 g/mol. The van der Waals surface area contributed by atoms with E-state index in [0.29, 0.717) is 12.2 Å². The third kappa shape index (κ3) is 2.53. The SMILES string of the molecule is CC[C@@H](CO)NC(=O)c1n[nH]c(C)n1. The zero-order valence-electron chi connectivity index (χ0n) is 8.24. The van der Waals surface area contributed by atoms with Gasteiger partial charge in [0.05, 0.1) is 12.6 Å². The summed E-state index contributed by atoms with van der Waals surface area (Å²) in [6.45, 7) is 3.52. The number of rotatable bonds is 4. The molecule has 1 aromatic heterocycles. The number of aliphatic hydroxyl groups is 1. The molecule has 6 nitrogen and oxygen atoms in total. The molecule has 1 aromatic rings. The van der Waals surface area contributed by atoms with Gasteiger partial charge in [-0.15, -0.1) is 5.10 Å². The molecular formula is C8H14N4O2. The van der Waals surface area contributed by atoms with E-state index in [2.05, 4.69) is 20.5 Å². The number of amides is 1. The summed E-state index contributed by atoms with van der Waals surface area (Å²) in [7, 11) is 0. The predicted octanol–water partition coefficient (Wildman–Crippen LogP) is -0.386. The number of aromatic nitrogens is 3. The van der Waals surface area contributed by atoms with E-state index in [1.54, 1.807) is 6.92 Å². The molecule has 0 fully saturated rings. The average molecular weight is 198 g/mol. The van der Waals surface area contributed by atoms with Crippen LogP contribution in [0.25, 0.3) is 0 Å². The van der Waals surface area contributed by atoms with E-state index in [-0.39, 0.29) is 24.4 Å². The molecule has 0 aliphatic carbocycles. The van der Waals surface area contributed by atoms with Crippen LogP contribution in [0, 0.1) is 6.92 Å². The highest BCUT2D eigenvalue weighted by Crippen LogP contribution is 1.94. The van der Waals surface area contributed by atoms with Gasteiger partial charge in [0.1, 0.15) is 5.82 Å². The first kappa shape index (κ1) is 10.6. The third-order valence-corrected chi connectivity index (χ3v) is 1.85. The Morgan fingerprint density at radius 1 is 1.71 bits per heavy atom. The second kappa shape index (κ2) is 4.71. The van der Waals surface area contributed by atoms with Crippen LogP contribution in [0.5, 0.6) is 0 Å². The lowest BCUT2D eigenvalue weighted by Crippen LogP contribution is -2.37. The fourth-order valence-electron chi connectivity index (χ4n) is 0.971. The molecule has 0 unspecified atom stereocenters. The Kier molecular flexibility index (Phi) is 3.58. The number of nitrogens with one attached hydrogen (secondary N) is 2. The number of aliphatic hydroxyl groups excluding tert-OH is 1. The van der Waals surface area contributed by atoms with Gasteiger partial charge in [0, 0.05) is 0 Å². The molecule has 0 saturated carbocycles. The van der Waals surface area contributed by atoms with E-state index in [1.807, 2.05) is 6.92 Å². The number of aryl methyl sites for hydroxylation is 1. The second-order valence-corrected chi connectivity index (χ2v) is 3.01. The van der Waals surface area contributed by atoms with Crippen molar-refractivity contribution >= 4 is 5.91 Å². The Morgan fingerprint density at radius 3 is 2.86 bits per heavy atom. The van der Waals surface area contributed by atoms with Crippen LogP contribution in [-0.2, 0) is 0 Å². The molecule has 1 amide bonds. The van der Waals surface area contributed by atoms with Crippen molar-refractivity contribution in [3.63, 3.8) is 0 Å². The minimum Gasteiger partial charge on any atom is -0.394 e. The largest absolute Gasteiger partial charge is 0.394 e. The van der Waals surface area contributed by atoms with Crippen molar-refractivity contribution in [2.45, 2.75) is 26.3 Å². The Morgan fingerprint density at radius 2 is 2.43 bits per heavy atom. The van der Waals surface area contributed by atoms with Crippen LogP contribution in [0.15, 0.2) is 0 Å². The number of carbonyl (C=O) groups is 1. The van der Waals surface area contributed by atoms with Gasteiger partial charge in [0.25, 0.3) is 5.91 Å². The predicted molar refractivity (Wildman–Crippen MR) is 49.8 cm³/mol. The smallest absolute Gasteiger partial charge is 0.291 e. The summed E-state index contributed by atoms with van der Waals surface area (Å²) >= 11 is 0. The third-order valence-electron chi connectivity index (χ3n) is 1.85. The molecule has 0 radical (unpaired) electrons. The summed E-state index contributed by atoms with van der Waals surface area (Å²) in [4.78, 5) is 15.3. The van der Waals surface area contributed by atoms with E-state index in [1.165, 1.54) is 0 Å². The van der Waals surface area contributed by atoms with Gasteiger partial charge in [-0.2, -0.15) is 0 Å². The molecule has 1 heterocycles. The van der Waals surface area contributed by atoms with Crippen LogP contribution in [0.1, 0.15) is 29.8 Å². The van der Waals surface area contributed by atoms with Crippen molar-refractivity contribution in [1.29, 1.82) is 0 Å². The van der Waals surface area contributed by atoms with Gasteiger partial charge < -0.3 is 10.4 Å². The molecule has 14 heavy (non-hydrogen) atoms. The minimum absolute atomic E-state index is 0.0777. The molecule has 78 valence electrons. The van der Waals surface area contributed by atoms with E-state index >= 15 is 0 Å². The molecular weight excluding hydrogens is 184 g/mol. The van der Waals surface area contributed by atoms with Crippen LogP contribution >= 0.6 is 0 Å². The lowest BCUT2D eigenvalue weighted by Gasteiger charge is -2.11. The van der Waals surface area contributed by atoms with Gasteiger partial charge in [0.2, 0.25) is 5.82 Å². The normalized spacial score (nSPS) is 12.5. The van der Waals surface area contributed by atoms with Crippen LogP contribution < -0.4 is 5.32 Å². The number of H-pyrrole nitrogens is 1. The molecule has 1 rings (SSSR count). The molecule has 0 aliphatic heterocycles. The number of aromatic amines is 1. The summed E-state index contributed by atoms with van der Waals surface area (Å²) in [5.41, 5.74) is 0. The van der Waals surface area contributed by atoms with E-state index < -0.39 is 0 Å². The first-order valence-electron chi connectivity index (χ1n) is 4.48. The van der Waals surface area contributed by atoms with Crippen molar-refractivity contribution < 1.29 is 9.90 Å². The van der Waals surface area contributed by atoms with E-state index in [4.69, 9.17) is 5.11 Å². The van der Waals surface area contributed by atoms with Gasteiger partial charge in [0.15, 0.2) is 0 Å². The van der Waals surface area contributed by atoms with Crippen LogP contribution in [0.2, 0.25) is 0 Å². The number of hydrogen-bond acceptors (Lipinski definition) is 4. The van der Waals surface area contributed by atoms with E-state index in [9.17, 15) is 4.79 Å². The maximum atomic E-state index is 11.4. The zero-order chi connectivity index (χ0) is 10.6. The van der Waals surface area contributed by atoms with Gasteiger partial charge in [-0.25, -0.2) is 4.98 Å². The van der Waals surface area contributed by atoms with Crippen molar-refractivity contribution in [2.75, 3.05) is 6.61 Å². The highest BCUT2D eigenvalue weighted by molar-refractivity contribution is 5.90. The molecule has 0 bridgehead atoms. The molecule has 0 aliphatic rings. The van der Waals surface area contributed by atoms with Crippen molar-refractivity contribution in [2.24, 2.45) is 0 Å². The Balaban J connectivity index is 2.58. The van der Waals surface area contributed by atoms with Crippen LogP contribution in [0.4, 0.5) is 0 Å². The molecule has 0 saturated heterocycles. The number of carbonyl (C=O) groups excluding carboxylic acids is 1. The van der Waals surface area contributed by atoms with Crippen molar-refractivity contribution in [3.8, 4) is 0 Å². The number of nitrogens with zero attached hydrogens (tertiary/aromatic N) is 2. The zero-order valence-corrected chi connectivity index (χ0v) is 8.24. The minimum atomic E-state index is -0.366. The molecule has 3 N–H and O–H groups in total. The lowest BCUT2D eigenvalue weighted by atomic mass is 10.2. The molecule has 0 aromatic carbocycles. The fourth-order valence-corrected chi connectivity index (χ4v) is 0.971. The topological polar surface area (TPSA) is 90.9 Å². The first-order chi connectivity index (χ1) is 6.67. The molecule has 6 heteroatoms. The Hall–Kier alpha value is -1.43. The summed E-state index contributed by atoms with van der Waals surface area (Å²) in [5, 5.41) is 17.8. The Labute approximate surface area is 81.7 Å². The second-order valence-electron chi connectivity index (χ2n) is 3.01. The number of hydrogen-bond donors (Lipinski definition) is 3. The average Bonchev–Trinajstić information content (AvgIpc) is 2.61. The van der Waals surface area contributed by atoms with Gasteiger partial charge >= 0.3 is 0 Å². The van der Waals surface area contributed by atoms with Crippen LogP contribution in [-0.4, -0.2) is 38.8 Å². The quantitative estimate of drug-likeness (QED) is 0.614. The standard InChI is InChI=1S/C8H14N4O2/c1-3-6(4-13)10-8(14)7-9-5(2)11-12-7/h6,13H,3-4H2,1-2H3,(H,10,14)(H,9,11,12)/t6-/m0/s1. The molecule has 1 atom stereocenters. The van der Waals surface area contributed by atoms with Gasteiger partial charge in [-0.1, -0.05) is 6.92 Å². The maximum Gasteiger partial charge on any atom is 0.291 e. The summed E-state index contributed by atoms with van der Waals surface area (Å²) in [6.07, 6.45) is 0.672. The van der Waals surface area contributed by atoms with Crippen LogP contribution in [0.3, 0.4) is 0 Å².